The van der Waals surface area contributed by atoms with Gasteiger partial charge in [-0.15, -0.1) is 0 Å². The Labute approximate surface area is 164 Å². The normalized spacial score (nSPS) is 12.1. The van der Waals surface area contributed by atoms with E-state index in [0.29, 0.717) is 10.9 Å². The van der Waals surface area contributed by atoms with Gasteiger partial charge in [0.25, 0.3) is 5.56 Å². The highest BCUT2D eigenvalue weighted by Crippen LogP contribution is 2.19. The van der Waals surface area contributed by atoms with E-state index in [1.807, 2.05) is 31.2 Å². The molecule has 3 aromatic rings. The summed E-state index contributed by atoms with van der Waals surface area (Å²) >= 11 is 3.40. The molecule has 0 aliphatic heterocycles. The number of nitrogens with zero attached hydrogens (tertiary/aromatic N) is 1. The molecule has 0 bridgehead atoms. The Balaban J connectivity index is 1.74. The Hall–Kier alpha value is -2.67. The molecule has 7 heteroatoms. The fourth-order valence-corrected chi connectivity index (χ4v) is 3.32. The van der Waals surface area contributed by atoms with E-state index in [9.17, 15) is 14.4 Å². The van der Waals surface area contributed by atoms with Gasteiger partial charge >= 0.3 is 5.69 Å². The summed E-state index contributed by atoms with van der Waals surface area (Å²) in [4.78, 5) is 38.8. The van der Waals surface area contributed by atoms with Crippen LogP contribution < -0.4 is 16.6 Å². The Morgan fingerprint density at radius 1 is 1.15 bits per heavy atom. The number of nitrogens with one attached hydrogen (secondary N) is 2. The molecule has 1 aromatic heterocycles. The first-order valence-electron chi connectivity index (χ1n) is 8.76. The molecule has 0 radical (unpaired) electrons. The molecule has 6 nitrogen and oxygen atoms in total. The molecule has 3 rings (SSSR count). The average Bonchev–Trinajstić information content (AvgIpc) is 2.66. The molecule has 0 spiro atoms. The number of fused-ring (bicyclic) bond motifs is 1. The molecule has 0 fully saturated rings. The first kappa shape index (κ1) is 19.1. The maximum atomic E-state index is 12.4. The number of H-pyrrole nitrogens is 1. The molecule has 0 aliphatic carbocycles. The summed E-state index contributed by atoms with van der Waals surface area (Å²) in [5.41, 5.74) is 0.628. The molecule has 2 N–H and O–H groups in total. The van der Waals surface area contributed by atoms with Crippen LogP contribution in [0.4, 0.5) is 0 Å². The van der Waals surface area contributed by atoms with Gasteiger partial charge in [0.2, 0.25) is 5.91 Å². The molecule has 0 saturated heterocycles. The van der Waals surface area contributed by atoms with Crippen LogP contribution >= 0.6 is 15.9 Å². The van der Waals surface area contributed by atoms with Gasteiger partial charge in [0, 0.05) is 17.4 Å². The van der Waals surface area contributed by atoms with E-state index in [2.05, 4.69) is 26.2 Å². The number of para-hydroxylation sites is 1. The van der Waals surface area contributed by atoms with E-state index in [0.717, 1.165) is 16.5 Å². The van der Waals surface area contributed by atoms with Gasteiger partial charge < -0.3 is 5.32 Å². The molecular weight excluding hydrogens is 410 g/mol. The van der Waals surface area contributed by atoms with Crippen molar-refractivity contribution in [1.82, 2.24) is 14.9 Å². The minimum absolute atomic E-state index is 0.0883. The van der Waals surface area contributed by atoms with E-state index in [1.54, 1.807) is 24.3 Å². The summed E-state index contributed by atoms with van der Waals surface area (Å²) in [6, 6.07) is 14.6. The van der Waals surface area contributed by atoms with Gasteiger partial charge in [-0.25, -0.2) is 4.79 Å². The fraction of sp³-hybridized carbons (Fsp3) is 0.250. The molecular formula is C20H20BrN3O3. The first-order valence-corrected chi connectivity index (χ1v) is 9.55. The molecule has 0 unspecified atom stereocenters. The predicted molar refractivity (Wildman–Crippen MR) is 109 cm³/mol. The van der Waals surface area contributed by atoms with Gasteiger partial charge in [0.05, 0.1) is 16.9 Å². The third-order valence-corrected chi connectivity index (χ3v) is 5.01. The number of hydrogen-bond donors (Lipinski definition) is 2. The lowest BCUT2D eigenvalue weighted by atomic mass is 10.0. The van der Waals surface area contributed by atoms with Gasteiger partial charge in [-0.3, -0.25) is 19.1 Å². The third kappa shape index (κ3) is 4.36. The molecule has 1 heterocycles. The maximum absolute atomic E-state index is 12.4. The van der Waals surface area contributed by atoms with Crippen molar-refractivity contribution in [1.29, 1.82) is 0 Å². The second-order valence-corrected chi connectivity index (χ2v) is 7.17. The number of benzene rings is 2. The number of carbonyl (C=O) groups excluding carboxylic acids is 1. The number of carbonyl (C=O) groups is 1. The van der Waals surface area contributed by atoms with Crippen molar-refractivity contribution in [3.63, 3.8) is 0 Å². The van der Waals surface area contributed by atoms with Crippen molar-refractivity contribution >= 4 is 32.7 Å². The van der Waals surface area contributed by atoms with Gasteiger partial charge in [-0.1, -0.05) is 47.1 Å². The van der Waals surface area contributed by atoms with E-state index < -0.39 is 11.2 Å². The van der Waals surface area contributed by atoms with Gasteiger partial charge in [-0.2, -0.15) is 0 Å². The summed E-state index contributed by atoms with van der Waals surface area (Å²) in [5, 5.41) is 3.44. The monoisotopic (exact) mass is 429 g/mol. The zero-order valence-electron chi connectivity index (χ0n) is 14.9. The second-order valence-electron chi connectivity index (χ2n) is 6.26. The number of hydrogen-bond acceptors (Lipinski definition) is 3. The van der Waals surface area contributed by atoms with Crippen molar-refractivity contribution in [3.8, 4) is 0 Å². The van der Waals surface area contributed by atoms with Crippen LogP contribution in [-0.2, 0) is 11.3 Å². The first-order chi connectivity index (χ1) is 13.0. The number of rotatable bonds is 6. The highest BCUT2D eigenvalue weighted by atomic mass is 79.9. The van der Waals surface area contributed by atoms with E-state index in [-0.39, 0.29) is 24.9 Å². The van der Waals surface area contributed by atoms with Crippen LogP contribution in [0.2, 0.25) is 0 Å². The lowest BCUT2D eigenvalue weighted by molar-refractivity contribution is -0.122. The SMILES string of the molecule is CC[C@@H](NC(=O)CCn1c(=O)[nH]c(=O)c2ccccc21)c1ccc(Br)cc1. The molecule has 0 saturated carbocycles. The van der Waals surface area contributed by atoms with Gasteiger partial charge in [0.1, 0.15) is 0 Å². The Morgan fingerprint density at radius 2 is 1.85 bits per heavy atom. The summed E-state index contributed by atoms with van der Waals surface area (Å²) in [6.07, 6.45) is 0.901. The lowest BCUT2D eigenvalue weighted by Crippen LogP contribution is -2.33. The highest BCUT2D eigenvalue weighted by molar-refractivity contribution is 9.10. The molecule has 2 aromatic carbocycles. The molecule has 140 valence electrons. The van der Waals surface area contributed by atoms with Crippen LogP contribution in [0.25, 0.3) is 10.9 Å². The molecule has 1 atom stereocenters. The number of aryl methyl sites for hydroxylation is 1. The lowest BCUT2D eigenvalue weighted by Gasteiger charge is -2.18. The smallest absolute Gasteiger partial charge is 0.328 e. The predicted octanol–water partition coefficient (Wildman–Crippen LogP) is 3.11. The van der Waals surface area contributed by atoms with Crippen LogP contribution in [0.1, 0.15) is 31.4 Å². The number of aromatic nitrogens is 2. The maximum Gasteiger partial charge on any atom is 0.328 e. The number of amides is 1. The standard InChI is InChI=1S/C20H20BrN3O3/c1-2-16(13-7-9-14(21)10-8-13)22-18(25)11-12-24-17-6-4-3-5-15(17)19(26)23-20(24)27/h3-10,16H,2,11-12H2,1H3,(H,22,25)(H,23,26,27)/t16-/m1/s1. The Bertz CT molecular complexity index is 1070. The Kier molecular flexibility index (Phi) is 5.91. The van der Waals surface area contributed by atoms with Crippen molar-refractivity contribution in [2.75, 3.05) is 0 Å². The van der Waals surface area contributed by atoms with Crippen molar-refractivity contribution in [2.45, 2.75) is 32.4 Å². The van der Waals surface area contributed by atoms with Gasteiger partial charge in [-0.05, 0) is 36.2 Å². The zero-order chi connectivity index (χ0) is 19.4. The third-order valence-electron chi connectivity index (χ3n) is 4.48. The van der Waals surface area contributed by atoms with Crippen LogP contribution in [0.3, 0.4) is 0 Å². The average molecular weight is 430 g/mol. The van der Waals surface area contributed by atoms with Crippen molar-refractivity contribution < 1.29 is 4.79 Å². The quantitative estimate of drug-likeness (QED) is 0.631. The van der Waals surface area contributed by atoms with Crippen LogP contribution in [-0.4, -0.2) is 15.5 Å². The van der Waals surface area contributed by atoms with E-state index >= 15 is 0 Å². The van der Waals surface area contributed by atoms with E-state index in [4.69, 9.17) is 0 Å². The van der Waals surface area contributed by atoms with Crippen molar-refractivity contribution in [3.05, 3.63) is 79.4 Å². The zero-order valence-corrected chi connectivity index (χ0v) is 16.5. The van der Waals surface area contributed by atoms with Crippen molar-refractivity contribution in [2.24, 2.45) is 0 Å². The minimum Gasteiger partial charge on any atom is -0.349 e. The largest absolute Gasteiger partial charge is 0.349 e. The van der Waals surface area contributed by atoms with Crippen LogP contribution in [0.5, 0.6) is 0 Å². The van der Waals surface area contributed by atoms with Gasteiger partial charge in [0.15, 0.2) is 0 Å². The highest BCUT2D eigenvalue weighted by Gasteiger charge is 2.14. The summed E-state index contributed by atoms with van der Waals surface area (Å²) in [5.74, 6) is -0.146. The molecule has 1 amide bonds. The molecule has 27 heavy (non-hydrogen) atoms. The fourth-order valence-electron chi connectivity index (χ4n) is 3.06. The topological polar surface area (TPSA) is 84.0 Å². The van der Waals surface area contributed by atoms with E-state index in [1.165, 1.54) is 4.57 Å². The minimum atomic E-state index is -0.508. The second kappa shape index (κ2) is 8.35. The van der Waals surface area contributed by atoms with Crippen LogP contribution in [0, 0.1) is 0 Å². The number of halogens is 1. The summed E-state index contributed by atoms with van der Waals surface area (Å²) in [6.45, 7) is 2.20. The van der Waals surface area contributed by atoms with Crippen LogP contribution in [0.15, 0.2) is 62.6 Å². The summed E-state index contributed by atoms with van der Waals surface area (Å²) < 4.78 is 2.41. The number of aromatic amines is 1. The molecule has 0 aliphatic rings. The summed E-state index contributed by atoms with van der Waals surface area (Å²) in [7, 11) is 0. The Morgan fingerprint density at radius 3 is 2.56 bits per heavy atom.